The van der Waals surface area contributed by atoms with Crippen molar-refractivity contribution >= 4 is 17.3 Å². The fourth-order valence-corrected chi connectivity index (χ4v) is 2.63. The number of nitrogens with one attached hydrogen (secondary N) is 1. The summed E-state index contributed by atoms with van der Waals surface area (Å²) in [6, 6.07) is 16.7. The number of unbranched alkanes of at least 4 members (excludes halogenated alkanes) is 1. The van der Waals surface area contributed by atoms with Gasteiger partial charge < -0.3 is 10.1 Å². The highest BCUT2D eigenvalue weighted by atomic mass is 35.5. The largest absolute Gasteiger partial charge is 0.495 e. The molecule has 0 aliphatic rings. The monoisotopic (exact) mass is 303 g/mol. The van der Waals surface area contributed by atoms with Gasteiger partial charge in [-0.3, -0.25) is 0 Å². The molecule has 0 saturated carbocycles. The first-order valence-electron chi connectivity index (χ1n) is 7.39. The Labute approximate surface area is 132 Å². The lowest BCUT2D eigenvalue weighted by molar-refractivity contribution is 0.415. The second kappa shape index (κ2) is 7.94. The lowest BCUT2D eigenvalue weighted by Gasteiger charge is -2.21. The summed E-state index contributed by atoms with van der Waals surface area (Å²) < 4.78 is 5.19. The van der Waals surface area contributed by atoms with Crippen LogP contribution in [0.15, 0.2) is 48.5 Å². The van der Waals surface area contributed by atoms with Crippen LogP contribution in [0, 0.1) is 0 Å². The smallest absolute Gasteiger partial charge is 0.137 e. The van der Waals surface area contributed by atoms with Gasteiger partial charge in [0.05, 0.1) is 18.2 Å². The first-order chi connectivity index (χ1) is 10.2. The molecule has 0 bridgehead atoms. The number of anilines is 1. The molecule has 0 aliphatic carbocycles. The van der Waals surface area contributed by atoms with E-state index in [9.17, 15) is 0 Å². The van der Waals surface area contributed by atoms with Gasteiger partial charge in [-0.05, 0) is 30.2 Å². The van der Waals surface area contributed by atoms with Crippen molar-refractivity contribution < 1.29 is 4.74 Å². The Morgan fingerprint density at radius 3 is 2.52 bits per heavy atom. The average molecular weight is 304 g/mol. The third-order valence-corrected chi connectivity index (χ3v) is 3.84. The predicted octanol–water partition coefficient (Wildman–Crippen LogP) is 5.69. The normalized spacial score (nSPS) is 12.0. The SMILES string of the molecule is CCCCC(Nc1ccc(OC)c(Cl)c1)c1ccccc1. The fourth-order valence-electron chi connectivity index (χ4n) is 2.37. The molecule has 0 saturated heterocycles. The molecule has 0 spiro atoms. The van der Waals surface area contributed by atoms with Gasteiger partial charge in [-0.25, -0.2) is 0 Å². The number of methoxy groups -OCH3 is 1. The van der Waals surface area contributed by atoms with Crippen LogP contribution in [0.25, 0.3) is 0 Å². The van der Waals surface area contributed by atoms with Crippen LogP contribution in [-0.4, -0.2) is 7.11 Å². The van der Waals surface area contributed by atoms with Gasteiger partial charge in [0, 0.05) is 5.69 Å². The minimum Gasteiger partial charge on any atom is -0.495 e. The summed E-state index contributed by atoms with van der Waals surface area (Å²) >= 11 is 6.20. The molecule has 1 unspecified atom stereocenters. The first kappa shape index (κ1) is 15.7. The van der Waals surface area contributed by atoms with Gasteiger partial charge in [0.2, 0.25) is 0 Å². The van der Waals surface area contributed by atoms with E-state index in [1.54, 1.807) is 7.11 Å². The van der Waals surface area contributed by atoms with Crippen molar-refractivity contribution in [3.8, 4) is 5.75 Å². The zero-order valence-electron chi connectivity index (χ0n) is 12.6. The van der Waals surface area contributed by atoms with Crippen LogP contribution in [0.2, 0.25) is 5.02 Å². The van der Waals surface area contributed by atoms with E-state index in [0.717, 1.165) is 12.1 Å². The minimum absolute atomic E-state index is 0.301. The molecule has 2 rings (SSSR count). The van der Waals surface area contributed by atoms with Crippen LogP contribution < -0.4 is 10.1 Å². The summed E-state index contributed by atoms with van der Waals surface area (Å²) in [7, 11) is 1.63. The van der Waals surface area contributed by atoms with Crippen LogP contribution >= 0.6 is 11.6 Å². The third kappa shape index (κ3) is 4.40. The Kier molecular flexibility index (Phi) is 5.94. The average Bonchev–Trinajstić information content (AvgIpc) is 2.52. The molecular weight excluding hydrogens is 282 g/mol. The van der Waals surface area contributed by atoms with Gasteiger partial charge in [-0.15, -0.1) is 0 Å². The van der Waals surface area contributed by atoms with Crippen molar-refractivity contribution in [2.75, 3.05) is 12.4 Å². The lowest BCUT2D eigenvalue weighted by Crippen LogP contribution is -2.10. The molecule has 2 aromatic rings. The van der Waals surface area contributed by atoms with Gasteiger partial charge in [0.25, 0.3) is 0 Å². The topological polar surface area (TPSA) is 21.3 Å². The highest BCUT2D eigenvalue weighted by molar-refractivity contribution is 6.32. The number of hydrogen-bond donors (Lipinski definition) is 1. The first-order valence-corrected chi connectivity index (χ1v) is 7.77. The van der Waals surface area contributed by atoms with Gasteiger partial charge in [-0.2, -0.15) is 0 Å². The minimum atomic E-state index is 0.301. The van der Waals surface area contributed by atoms with Crippen molar-refractivity contribution in [1.82, 2.24) is 0 Å². The molecule has 0 heterocycles. The number of halogens is 1. The summed E-state index contributed by atoms with van der Waals surface area (Å²) in [4.78, 5) is 0. The predicted molar refractivity (Wildman–Crippen MR) is 90.3 cm³/mol. The van der Waals surface area contributed by atoms with E-state index in [1.165, 1.54) is 18.4 Å². The summed E-state index contributed by atoms with van der Waals surface area (Å²) in [6.07, 6.45) is 3.48. The van der Waals surface area contributed by atoms with Gasteiger partial charge in [-0.1, -0.05) is 61.7 Å². The molecular formula is C18H22ClNO. The van der Waals surface area contributed by atoms with Crippen LogP contribution in [-0.2, 0) is 0 Å². The Morgan fingerprint density at radius 2 is 1.90 bits per heavy atom. The standard InChI is InChI=1S/C18H22ClNO/c1-3-4-10-17(14-8-6-5-7-9-14)20-15-11-12-18(21-2)16(19)13-15/h5-9,11-13,17,20H,3-4,10H2,1-2H3. The highest BCUT2D eigenvalue weighted by Crippen LogP contribution is 2.30. The number of ether oxygens (including phenoxy) is 1. The third-order valence-electron chi connectivity index (χ3n) is 3.54. The molecule has 0 aliphatic heterocycles. The molecule has 1 atom stereocenters. The summed E-state index contributed by atoms with van der Waals surface area (Å²) in [5, 5.41) is 4.21. The quantitative estimate of drug-likeness (QED) is 0.709. The van der Waals surface area contributed by atoms with Crippen LogP contribution in [0.3, 0.4) is 0 Å². The van der Waals surface area contributed by atoms with E-state index in [-0.39, 0.29) is 0 Å². The van der Waals surface area contributed by atoms with E-state index >= 15 is 0 Å². The molecule has 21 heavy (non-hydrogen) atoms. The number of benzene rings is 2. The van der Waals surface area contributed by atoms with Crippen molar-refractivity contribution in [1.29, 1.82) is 0 Å². The maximum absolute atomic E-state index is 6.20. The number of hydrogen-bond acceptors (Lipinski definition) is 2. The molecule has 2 aromatic carbocycles. The molecule has 0 amide bonds. The molecule has 0 radical (unpaired) electrons. The van der Waals surface area contributed by atoms with Crippen LogP contribution in [0.1, 0.15) is 37.8 Å². The van der Waals surface area contributed by atoms with E-state index in [4.69, 9.17) is 16.3 Å². The molecule has 0 aromatic heterocycles. The van der Waals surface area contributed by atoms with E-state index < -0.39 is 0 Å². The van der Waals surface area contributed by atoms with Crippen LogP contribution in [0.5, 0.6) is 5.75 Å². The van der Waals surface area contributed by atoms with Crippen molar-refractivity contribution in [3.05, 3.63) is 59.1 Å². The van der Waals surface area contributed by atoms with Crippen LogP contribution in [0.4, 0.5) is 5.69 Å². The molecule has 112 valence electrons. The van der Waals surface area contributed by atoms with Gasteiger partial charge in [0.15, 0.2) is 0 Å². The lowest BCUT2D eigenvalue weighted by atomic mass is 10.0. The van der Waals surface area contributed by atoms with Gasteiger partial charge >= 0.3 is 0 Å². The molecule has 3 heteroatoms. The van der Waals surface area contributed by atoms with Crippen molar-refractivity contribution in [2.24, 2.45) is 0 Å². The Morgan fingerprint density at radius 1 is 1.14 bits per heavy atom. The summed E-state index contributed by atoms with van der Waals surface area (Å²) in [6.45, 7) is 2.21. The zero-order chi connectivity index (χ0) is 15.1. The Bertz CT molecular complexity index is 556. The van der Waals surface area contributed by atoms with Gasteiger partial charge in [0.1, 0.15) is 5.75 Å². The van der Waals surface area contributed by atoms with E-state index in [2.05, 4.69) is 36.5 Å². The van der Waals surface area contributed by atoms with E-state index in [0.29, 0.717) is 16.8 Å². The summed E-state index contributed by atoms with van der Waals surface area (Å²) in [5.74, 6) is 0.701. The highest BCUT2D eigenvalue weighted by Gasteiger charge is 2.11. The molecule has 1 N–H and O–H groups in total. The Balaban J connectivity index is 2.16. The molecule has 0 fully saturated rings. The number of rotatable bonds is 7. The zero-order valence-corrected chi connectivity index (χ0v) is 13.4. The van der Waals surface area contributed by atoms with E-state index in [1.807, 2.05) is 24.3 Å². The molecule has 2 nitrogen and oxygen atoms in total. The summed E-state index contributed by atoms with van der Waals surface area (Å²) in [5.41, 5.74) is 2.32. The maximum atomic E-state index is 6.20. The maximum Gasteiger partial charge on any atom is 0.137 e. The fraction of sp³-hybridized carbons (Fsp3) is 0.333. The van der Waals surface area contributed by atoms with Crippen molar-refractivity contribution in [3.63, 3.8) is 0 Å². The Hall–Kier alpha value is -1.67. The second-order valence-corrected chi connectivity index (χ2v) is 5.51. The van der Waals surface area contributed by atoms with Crippen molar-refractivity contribution in [2.45, 2.75) is 32.2 Å². The second-order valence-electron chi connectivity index (χ2n) is 5.10.